The Hall–Kier alpha value is -2.67. The van der Waals surface area contributed by atoms with Crippen LogP contribution in [0.3, 0.4) is 0 Å². The highest BCUT2D eigenvalue weighted by Crippen LogP contribution is 2.47. The summed E-state index contributed by atoms with van der Waals surface area (Å²) >= 11 is 0. The van der Waals surface area contributed by atoms with Crippen molar-refractivity contribution in [2.24, 2.45) is 0 Å². The lowest BCUT2D eigenvalue weighted by Gasteiger charge is -2.38. The summed E-state index contributed by atoms with van der Waals surface area (Å²) in [6.07, 6.45) is 3.96. The normalized spacial score (nSPS) is 25.3. The zero-order valence-electron chi connectivity index (χ0n) is 20.4. The van der Waals surface area contributed by atoms with Gasteiger partial charge in [0.05, 0.1) is 17.9 Å². The molecule has 0 radical (unpaired) electrons. The van der Waals surface area contributed by atoms with E-state index in [4.69, 9.17) is 14.5 Å². The van der Waals surface area contributed by atoms with Crippen LogP contribution in [0.5, 0.6) is 0 Å². The number of hydrogen-bond donors (Lipinski definition) is 1. The van der Waals surface area contributed by atoms with E-state index in [1.807, 2.05) is 27.0 Å². The van der Waals surface area contributed by atoms with Crippen molar-refractivity contribution < 1.29 is 14.3 Å². The fraction of sp³-hybridized carbons (Fsp3) is 0.577. The number of morpholine rings is 1. The van der Waals surface area contributed by atoms with Gasteiger partial charge in [0.2, 0.25) is 0 Å². The number of aromatic nitrogens is 2. The lowest BCUT2D eigenvalue weighted by atomic mass is 9.70. The standard InChI is InChI=1S/C26H36N4O3/c1-17-14-30(15-18(2)33-17)24-8-6-7-23(28-24)21-11-20(12-21)19-9-10-27-22(13-19)16-32-25(31)29-26(3,4)5/h6-10,13,17-18,20-21H,11-12,14-16H2,1-5H3,(H,29,31)/t17-,18+,20?,21?. The molecule has 1 aliphatic heterocycles. The quantitative estimate of drug-likeness (QED) is 0.704. The van der Waals surface area contributed by atoms with Crippen LogP contribution in [0.2, 0.25) is 0 Å². The van der Waals surface area contributed by atoms with Crippen molar-refractivity contribution in [3.05, 3.63) is 53.5 Å². The second-order valence-electron chi connectivity index (χ2n) is 10.5. The first-order chi connectivity index (χ1) is 15.7. The van der Waals surface area contributed by atoms with Crippen molar-refractivity contribution in [1.82, 2.24) is 15.3 Å². The Morgan fingerprint density at radius 3 is 2.58 bits per heavy atom. The molecular formula is C26H36N4O3. The van der Waals surface area contributed by atoms with Crippen LogP contribution in [0, 0.1) is 0 Å². The lowest BCUT2D eigenvalue weighted by Crippen LogP contribution is -2.45. The van der Waals surface area contributed by atoms with Gasteiger partial charge in [0.15, 0.2) is 0 Å². The Kier molecular flexibility index (Phi) is 6.88. The molecule has 2 aromatic heterocycles. The van der Waals surface area contributed by atoms with E-state index in [0.29, 0.717) is 11.8 Å². The zero-order chi connectivity index (χ0) is 23.6. The molecule has 0 unspecified atom stereocenters. The van der Waals surface area contributed by atoms with Gasteiger partial charge in [-0.1, -0.05) is 6.07 Å². The molecule has 7 heteroatoms. The molecule has 1 N–H and O–H groups in total. The van der Waals surface area contributed by atoms with Crippen LogP contribution in [0.25, 0.3) is 0 Å². The molecular weight excluding hydrogens is 416 g/mol. The van der Waals surface area contributed by atoms with E-state index in [0.717, 1.165) is 37.4 Å². The number of nitrogens with one attached hydrogen (secondary N) is 1. The number of pyridine rings is 2. The van der Waals surface area contributed by atoms with Gasteiger partial charge in [0, 0.05) is 36.4 Å². The van der Waals surface area contributed by atoms with Gasteiger partial charge >= 0.3 is 6.09 Å². The summed E-state index contributed by atoms with van der Waals surface area (Å²) in [5.41, 5.74) is 2.88. The highest BCUT2D eigenvalue weighted by atomic mass is 16.5. The third-order valence-corrected chi connectivity index (χ3v) is 6.20. The number of carbonyl (C=O) groups excluding carboxylic acids is 1. The number of carbonyl (C=O) groups is 1. The Balaban J connectivity index is 1.33. The average molecular weight is 453 g/mol. The minimum Gasteiger partial charge on any atom is -0.443 e. The van der Waals surface area contributed by atoms with E-state index >= 15 is 0 Å². The van der Waals surface area contributed by atoms with Gasteiger partial charge in [0.1, 0.15) is 12.4 Å². The third-order valence-electron chi connectivity index (χ3n) is 6.20. The molecule has 2 aromatic rings. The van der Waals surface area contributed by atoms with Crippen LogP contribution in [0.15, 0.2) is 36.5 Å². The summed E-state index contributed by atoms with van der Waals surface area (Å²) in [4.78, 5) is 23.6. The van der Waals surface area contributed by atoms with E-state index in [1.165, 1.54) is 11.3 Å². The number of alkyl carbamates (subject to hydrolysis) is 1. The molecule has 178 valence electrons. The molecule has 2 fully saturated rings. The number of amides is 1. The molecule has 33 heavy (non-hydrogen) atoms. The average Bonchev–Trinajstić information content (AvgIpc) is 2.70. The molecule has 0 bridgehead atoms. The van der Waals surface area contributed by atoms with E-state index < -0.39 is 6.09 Å². The van der Waals surface area contributed by atoms with Crippen LogP contribution < -0.4 is 10.2 Å². The predicted octanol–water partition coefficient (Wildman–Crippen LogP) is 4.78. The summed E-state index contributed by atoms with van der Waals surface area (Å²) in [5.74, 6) is 2.00. The maximum Gasteiger partial charge on any atom is 0.407 e. The summed E-state index contributed by atoms with van der Waals surface area (Å²) in [6.45, 7) is 11.9. The number of rotatable bonds is 5. The van der Waals surface area contributed by atoms with Crippen molar-refractivity contribution in [3.63, 3.8) is 0 Å². The summed E-state index contributed by atoms with van der Waals surface area (Å²) in [7, 11) is 0. The van der Waals surface area contributed by atoms with Gasteiger partial charge in [-0.15, -0.1) is 0 Å². The minimum atomic E-state index is -0.423. The van der Waals surface area contributed by atoms with Crippen molar-refractivity contribution in [2.75, 3.05) is 18.0 Å². The molecule has 0 spiro atoms. The summed E-state index contributed by atoms with van der Waals surface area (Å²) in [6, 6.07) is 10.5. The van der Waals surface area contributed by atoms with Gasteiger partial charge in [-0.05, 0) is 83.2 Å². The number of anilines is 1. The molecule has 0 aromatic carbocycles. The Morgan fingerprint density at radius 1 is 1.15 bits per heavy atom. The molecule has 7 nitrogen and oxygen atoms in total. The molecule has 1 saturated heterocycles. The topological polar surface area (TPSA) is 76.6 Å². The molecule has 1 aliphatic carbocycles. The number of ether oxygens (including phenoxy) is 2. The number of hydrogen-bond acceptors (Lipinski definition) is 6. The van der Waals surface area contributed by atoms with E-state index in [-0.39, 0.29) is 24.4 Å². The monoisotopic (exact) mass is 452 g/mol. The van der Waals surface area contributed by atoms with Crippen molar-refractivity contribution in [3.8, 4) is 0 Å². The first-order valence-electron chi connectivity index (χ1n) is 11.9. The Labute approximate surface area is 196 Å². The van der Waals surface area contributed by atoms with Crippen LogP contribution in [-0.4, -0.2) is 46.9 Å². The molecule has 1 amide bonds. The SMILES string of the molecule is C[C@@H]1CN(c2cccc(C3CC(c4ccnc(COC(=O)NC(C)(C)C)c4)C3)n2)C[C@H](C)O1. The van der Waals surface area contributed by atoms with Crippen LogP contribution in [0.4, 0.5) is 10.6 Å². The first-order valence-corrected chi connectivity index (χ1v) is 11.9. The fourth-order valence-electron chi connectivity index (χ4n) is 4.65. The predicted molar refractivity (Wildman–Crippen MR) is 128 cm³/mol. The highest BCUT2D eigenvalue weighted by Gasteiger charge is 2.33. The van der Waals surface area contributed by atoms with Gasteiger partial charge in [-0.3, -0.25) is 4.98 Å². The minimum absolute atomic E-state index is 0.173. The highest BCUT2D eigenvalue weighted by molar-refractivity contribution is 5.68. The lowest BCUT2D eigenvalue weighted by molar-refractivity contribution is -0.00547. The third kappa shape index (κ3) is 6.22. The van der Waals surface area contributed by atoms with E-state index in [2.05, 4.69) is 59.4 Å². The van der Waals surface area contributed by atoms with E-state index in [1.54, 1.807) is 0 Å². The molecule has 3 heterocycles. The maximum absolute atomic E-state index is 11.9. The molecule has 1 saturated carbocycles. The van der Waals surface area contributed by atoms with Crippen molar-refractivity contribution >= 4 is 11.9 Å². The van der Waals surface area contributed by atoms with Crippen LogP contribution >= 0.6 is 0 Å². The van der Waals surface area contributed by atoms with E-state index in [9.17, 15) is 4.79 Å². The smallest absolute Gasteiger partial charge is 0.407 e. The second kappa shape index (κ2) is 9.67. The van der Waals surface area contributed by atoms with Crippen molar-refractivity contribution in [1.29, 1.82) is 0 Å². The Morgan fingerprint density at radius 2 is 1.88 bits per heavy atom. The Bertz CT molecular complexity index is 958. The molecule has 2 atom stereocenters. The van der Waals surface area contributed by atoms with Gasteiger partial charge in [-0.25, -0.2) is 9.78 Å². The number of nitrogens with zero attached hydrogens (tertiary/aromatic N) is 3. The summed E-state index contributed by atoms with van der Waals surface area (Å²) in [5, 5.41) is 2.80. The van der Waals surface area contributed by atoms with Crippen LogP contribution in [-0.2, 0) is 16.1 Å². The zero-order valence-corrected chi connectivity index (χ0v) is 20.4. The van der Waals surface area contributed by atoms with Gasteiger partial charge < -0.3 is 19.7 Å². The van der Waals surface area contributed by atoms with Crippen molar-refractivity contribution in [2.45, 2.75) is 83.6 Å². The van der Waals surface area contributed by atoms with Crippen LogP contribution in [0.1, 0.15) is 76.2 Å². The fourth-order valence-corrected chi connectivity index (χ4v) is 4.65. The maximum atomic E-state index is 11.9. The molecule has 4 rings (SSSR count). The largest absolute Gasteiger partial charge is 0.443 e. The second-order valence-corrected chi connectivity index (χ2v) is 10.5. The summed E-state index contributed by atoms with van der Waals surface area (Å²) < 4.78 is 11.2. The molecule has 2 aliphatic rings. The first kappa shape index (κ1) is 23.5. The van der Waals surface area contributed by atoms with Gasteiger partial charge in [0.25, 0.3) is 0 Å². The van der Waals surface area contributed by atoms with Gasteiger partial charge in [-0.2, -0.15) is 0 Å².